The fraction of sp³-hybridized carbons (Fsp3) is 0.333. The normalized spacial score (nSPS) is 10.1. The number of hydrogen-bond donors (Lipinski definition) is 3. The van der Waals surface area contributed by atoms with Crippen molar-refractivity contribution in [1.29, 1.82) is 0 Å². The highest BCUT2D eigenvalue weighted by Crippen LogP contribution is 2.27. The van der Waals surface area contributed by atoms with E-state index < -0.39 is 0 Å². The number of amides is 1. The van der Waals surface area contributed by atoms with Crippen LogP contribution in [0.15, 0.2) is 36.4 Å². The highest BCUT2D eigenvalue weighted by Gasteiger charge is 2.06. The first-order chi connectivity index (χ1) is 13.9. The van der Waals surface area contributed by atoms with E-state index in [4.69, 9.17) is 26.4 Å². The zero-order valence-corrected chi connectivity index (χ0v) is 17.9. The smallest absolute Gasteiger partial charge is 0.276 e. The van der Waals surface area contributed by atoms with Gasteiger partial charge in [-0.15, -0.1) is 0 Å². The van der Waals surface area contributed by atoms with Crippen LogP contribution in [0.5, 0.6) is 17.2 Å². The summed E-state index contributed by atoms with van der Waals surface area (Å²) < 4.78 is 16.0. The molecule has 1 amide bonds. The van der Waals surface area contributed by atoms with E-state index >= 15 is 0 Å². The molecule has 156 valence electrons. The Kier molecular flexibility index (Phi) is 8.54. The summed E-state index contributed by atoms with van der Waals surface area (Å²) in [6, 6.07) is 11.4. The maximum Gasteiger partial charge on any atom is 0.276 e. The van der Waals surface area contributed by atoms with Crippen LogP contribution in [0.1, 0.15) is 16.7 Å². The third-order valence-electron chi connectivity index (χ3n) is 4.31. The lowest BCUT2D eigenvalue weighted by Crippen LogP contribution is -2.48. The number of rotatable bonds is 8. The zero-order chi connectivity index (χ0) is 21.2. The predicted molar refractivity (Wildman–Crippen MR) is 117 cm³/mol. The van der Waals surface area contributed by atoms with Crippen LogP contribution in [0, 0.1) is 13.8 Å². The highest BCUT2D eigenvalue weighted by atomic mass is 32.1. The van der Waals surface area contributed by atoms with Crippen LogP contribution in [0.2, 0.25) is 0 Å². The summed E-state index contributed by atoms with van der Waals surface area (Å²) in [4.78, 5) is 11.9. The van der Waals surface area contributed by atoms with Gasteiger partial charge in [-0.2, -0.15) is 0 Å². The van der Waals surface area contributed by atoms with Crippen molar-refractivity contribution >= 4 is 23.2 Å². The van der Waals surface area contributed by atoms with Gasteiger partial charge in [0.1, 0.15) is 5.75 Å². The van der Waals surface area contributed by atoms with Gasteiger partial charge in [0.05, 0.1) is 14.2 Å². The Hall–Kier alpha value is -3.00. The summed E-state index contributed by atoms with van der Waals surface area (Å²) in [5.41, 5.74) is 8.53. The Morgan fingerprint density at radius 1 is 0.966 bits per heavy atom. The minimum atomic E-state index is -0.327. The third kappa shape index (κ3) is 7.15. The molecule has 0 saturated heterocycles. The molecule has 0 heterocycles. The van der Waals surface area contributed by atoms with Crippen molar-refractivity contribution in [3.63, 3.8) is 0 Å². The second-order valence-electron chi connectivity index (χ2n) is 6.40. The Morgan fingerprint density at radius 2 is 1.72 bits per heavy atom. The Labute approximate surface area is 176 Å². The van der Waals surface area contributed by atoms with E-state index in [0.717, 1.165) is 17.5 Å². The van der Waals surface area contributed by atoms with E-state index in [9.17, 15) is 4.79 Å². The van der Waals surface area contributed by atoms with Crippen molar-refractivity contribution < 1.29 is 19.0 Å². The number of benzene rings is 2. The SMILES string of the molecule is COc1ccc(CCNC(=S)NNC(=O)COc2ccc(C)c(C)c2)cc1OC. The van der Waals surface area contributed by atoms with Crippen molar-refractivity contribution in [2.24, 2.45) is 0 Å². The summed E-state index contributed by atoms with van der Waals surface area (Å²) in [5.74, 6) is 1.69. The van der Waals surface area contributed by atoms with Crippen molar-refractivity contribution in [3.8, 4) is 17.2 Å². The first kappa shape index (κ1) is 22.3. The van der Waals surface area contributed by atoms with Crippen LogP contribution in [0.25, 0.3) is 0 Å². The molecule has 0 aliphatic carbocycles. The molecule has 0 aliphatic heterocycles. The average molecular weight is 418 g/mol. The number of methoxy groups -OCH3 is 2. The second kappa shape index (κ2) is 11.1. The molecule has 8 heteroatoms. The van der Waals surface area contributed by atoms with Crippen LogP contribution in [0.4, 0.5) is 0 Å². The van der Waals surface area contributed by atoms with Crippen LogP contribution in [-0.2, 0) is 11.2 Å². The number of hydrazine groups is 1. The molecule has 7 nitrogen and oxygen atoms in total. The van der Waals surface area contributed by atoms with Gasteiger partial charge in [0.25, 0.3) is 5.91 Å². The van der Waals surface area contributed by atoms with E-state index in [1.807, 2.05) is 50.2 Å². The minimum absolute atomic E-state index is 0.107. The van der Waals surface area contributed by atoms with Crippen LogP contribution >= 0.6 is 12.2 Å². The number of nitrogens with one attached hydrogen (secondary N) is 3. The monoisotopic (exact) mass is 417 g/mol. The molecule has 0 radical (unpaired) electrons. The predicted octanol–water partition coefficient (Wildman–Crippen LogP) is 2.44. The lowest BCUT2D eigenvalue weighted by Gasteiger charge is -2.13. The summed E-state index contributed by atoms with van der Waals surface area (Å²) in [7, 11) is 3.20. The maximum atomic E-state index is 11.9. The first-order valence-corrected chi connectivity index (χ1v) is 9.57. The fourth-order valence-electron chi connectivity index (χ4n) is 2.52. The second-order valence-corrected chi connectivity index (χ2v) is 6.81. The molecule has 0 unspecified atom stereocenters. The summed E-state index contributed by atoms with van der Waals surface area (Å²) in [5, 5.41) is 3.36. The molecule has 0 atom stereocenters. The van der Waals surface area contributed by atoms with Gasteiger partial charge in [-0.25, -0.2) is 0 Å². The van der Waals surface area contributed by atoms with Gasteiger partial charge in [0.2, 0.25) is 0 Å². The quantitative estimate of drug-likeness (QED) is 0.450. The molecule has 0 fully saturated rings. The van der Waals surface area contributed by atoms with Gasteiger partial charge in [-0.3, -0.25) is 15.6 Å². The van der Waals surface area contributed by atoms with E-state index in [2.05, 4.69) is 16.2 Å². The van der Waals surface area contributed by atoms with Gasteiger partial charge >= 0.3 is 0 Å². The molecular weight excluding hydrogens is 390 g/mol. The largest absolute Gasteiger partial charge is 0.493 e. The molecule has 2 aromatic rings. The molecular formula is C21H27N3O4S. The molecule has 2 aromatic carbocycles. The third-order valence-corrected chi connectivity index (χ3v) is 4.56. The Morgan fingerprint density at radius 3 is 2.41 bits per heavy atom. The number of carbonyl (C=O) groups excluding carboxylic acids is 1. The lowest BCUT2D eigenvalue weighted by molar-refractivity contribution is -0.123. The fourth-order valence-corrected chi connectivity index (χ4v) is 2.67. The van der Waals surface area contributed by atoms with Gasteiger partial charge in [-0.1, -0.05) is 12.1 Å². The number of hydrogen-bond acceptors (Lipinski definition) is 5. The van der Waals surface area contributed by atoms with E-state index in [1.54, 1.807) is 14.2 Å². The standard InChI is InChI=1S/C21H27N3O4S/c1-14-5-7-17(11-15(14)2)28-13-20(25)23-24-21(29)22-10-9-16-6-8-18(26-3)19(12-16)27-4/h5-8,11-12H,9-10,13H2,1-4H3,(H,23,25)(H2,22,24,29). The number of ether oxygens (including phenoxy) is 3. The molecule has 0 aliphatic rings. The van der Waals surface area contributed by atoms with Crippen molar-refractivity contribution in [2.75, 3.05) is 27.4 Å². The van der Waals surface area contributed by atoms with Crippen LogP contribution < -0.4 is 30.4 Å². The topological polar surface area (TPSA) is 80.9 Å². The molecule has 0 bridgehead atoms. The van der Waals surface area contributed by atoms with Crippen molar-refractivity contribution in [2.45, 2.75) is 20.3 Å². The molecule has 3 N–H and O–H groups in total. The molecule has 0 aromatic heterocycles. The van der Waals surface area contributed by atoms with E-state index in [0.29, 0.717) is 28.9 Å². The van der Waals surface area contributed by atoms with Gasteiger partial charge in [0.15, 0.2) is 23.2 Å². The molecule has 0 saturated carbocycles. The van der Waals surface area contributed by atoms with Gasteiger partial charge in [-0.05, 0) is 73.4 Å². The minimum Gasteiger partial charge on any atom is -0.493 e. The van der Waals surface area contributed by atoms with Crippen molar-refractivity contribution in [1.82, 2.24) is 16.2 Å². The summed E-state index contributed by atoms with van der Waals surface area (Å²) in [6.07, 6.45) is 0.728. The van der Waals surface area contributed by atoms with Crippen LogP contribution in [0.3, 0.4) is 0 Å². The van der Waals surface area contributed by atoms with Gasteiger partial charge in [0, 0.05) is 6.54 Å². The summed E-state index contributed by atoms with van der Waals surface area (Å²) in [6.45, 7) is 4.50. The van der Waals surface area contributed by atoms with Crippen LogP contribution in [-0.4, -0.2) is 38.4 Å². The molecule has 29 heavy (non-hydrogen) atoms. The molecule has 2 rings (SSSR count). The van der Waals surface area contributed by atoms with Gasteiger partial charge < -0.3 is 19.5 Å². The van der Waals surface area contributed by atoms with E-state index in [-0.39, 0.29) is 12.5 Å². The first-order valence-electron chi connectivity index (χ1n) is 9.16. The average Bonchev–Trinajstić information content (AvgIpc) is 2.72. The zero-order valence-electron chi connectivity index (χ0n) is 17.1. The van der Waals surface area contributed by atoms with E-state index in [1.165, 1.54) is 5.56 Å². The number of aryl methyl sites for hydroxylation is 2. The number of thiocarbonyl (C=S) groups is 1. The maximum absolute atomic E-state index is 11.9. The number of carbonyl (C=O) groups is 1. The Balaban J connectivity index is 1.67. The van der Waals surface area contributed by atoms with Crippen molar-refractivity contribution in [3.05, 3.63) is 53.1 Å². The summed E-state index contributed by atoms with van der Waals surface area (Å²) >= 11 is 5.16. The highest BCUT2D eigenvalue weighted by molar-refractivity contribution is 7.80. The Bertz CT molecular complexity index is 858. The lowest BCUT2D eigenvalue weighted by atomic mass is 10.1. The molecule has 0 spiro atoms.